The fourth-order valence-corrected chi connectivity index (χ4v) is 5.67. The fraction of sp³-hybridized carbons (Fsp3) is 0.389. The van der Waals surface area contributed by atoms with Crippen LogP contribution >= 0.6 is 0 Å². The Labute approximate surface area is 303 Å². The third kappa shape index (κ3) is 9.16. The van der Waals surface area contributed by atoms with Crippen LogP contribution in [0.1, 0.15) is 58.6 Å². The summed E-state index contributed by atoms with van der Waals surface area (Å²) in [5.41, 5.74) is 0.888. The van der Waals surface area contributed by atoms with Gasteiger partial charge in [-0.1, -0.05) is 48.5 Å². The second kappa shape index (κ2) is 15.1. The number of amides is 4. The summed E-state index contributed by atoms with van der Waals surface area (Å²) in [5, 5.41) is 12.1. The van der Waals surface area contributed by atoms with Crippen LogP contribution in [0.2, 0.25) is 0 Å². The van der Waals surface area contributed by atoms with E-state index in [2.05, 4.69) is 20.3 Å². The number of H-pyrrole nitrogens is 1. The molecule has 4 amide bonds. The number of fused-ring (bicyclic) bond motifs is 4. The highest BCUT2D eigenvalue weighted by Gasteiger charge is 2.35. The normalized spacial score (nSPS) is 12.4. The number of nitrogens with zero attached hydrogens (tertiary/aromatic N) is 5. The number of aromatic nitrogens is 4. The molecule has 17 nitrogen and oxygen atoms in total. The number of rotatable bonds is 10. The van der Waals surface area contributed by atoms with Gasteiger partial charge in [0.2, 0.25) is 11.9 Å². The first-order valence-corrected chi connectivity index (χ1v) is 16.7. The van der Waals surface area contributed by atoms with E-state index in [4.69, 9.17) is 14.2 Å². The number of imide groups is 1. The SMILES string of the molecule is CC(C)(C)OC(=O)N(C(=O)OC(C)(C)C)c1nc2c(ncn2CC(=O)N(CCNC(=O)OCC2c3ccccc3-c3ccccc32)CC(=O)O)c(=O)[nH]1. The van der Waals surface area contributed by atoms with Gasteiger partial charge in [0, 0.05) is 19.0 Å². The Bertz CT molecular complexity index is 2040. The highest BCUT2D eigenvalue weighted by atomic mass is 16.6. The van der Waals surface area contributed by atoms with Crippen LogP contribution in [0.5, 0.6) is 0 Å². The summed E-state index contributed by atoms with van der Waals surface area (Å²) in [5.74, 6) is -2.75. The summed E-state index contributed by atoms with van der Waals surface area (Å²) >= 11 is 0. The molecule has 4 aromatic rings. The maximum absolute atomic E-state index is 13.4. The number of nitrogens with one attached hydrogen (secondary N) is 2. The molecule has 0 atom stereocenters. The molecule has 2 aromatic heterocycles. The molecular weight excluding hydrogens is 690 g/mol. The number of imidazole rings is 1. The van der Waals surface area contributed by atoms with E-state index in [0.717, 1.165) is 38.0 Å². The monoisotopic (exact) mass is 731 g/mol. The summed E-state index contributed by atoms with van der Waals surface area (Å²) in [7, 11) is 0. The number of benzene rings is 2. The number of alkyl carbamates (subject to hydrolysis) is 1. The molecule has 0 spiro atoms. The Morgan fingerprint density at radius 3 is 2.02 bits per heavy atom. The van der Waals surface area contributed by atoms with Gasteiger partial charge < -0.3 is 34.1 Å². The summed E-state index contributed by atoms with van der Waals surface area (Å²) < 4.78 is 17.4. The zero-order valence-corrected chi connectivity index (χ0v) is 30.2. The van der Waals surface area contributed by atoms with Gasteiger partial charge in [-0.25, -0.2) is 19.4 Å². The van der Waals surface area contributed by atoms with Crippen LogP contribution in [0.4, 0.5) is 20.3 Å². The van der Waals surface area contributed by atoms with Crippen LogP contribution in [0.25, 0.3) is 22.3 Å². The van der Waals surface area contributed by atoms with Crippen molar-refractivity contribution < 1.29 is 43.3 Å². The zero-order valence-electron chi connectivity index (χ0n) is 30.2. The second-order valence-electron chi connectivity index (χ2n) is 14.2. The van der Waals surface area contributed by atoms with E-state index in [1.54, 1.807) is 41.5 Å². The summed E-state index contributed by atoms with van der Waals surface area (Å²) in [6.45, 7) is 7.95. The number of aliphatic carboxylic acids is 1. The number of carbonyl (C=O) groups is 5. The van der Waals surface area contributed by atoms with Gasteiger partial charge in [0.15, 0.2) is 11.2 Å². The molecule has 2 aromatic carbocycles. The molecule has 0 unspecified atom stereocenters. The third-order valence-corrected chi connectivity index (χ3v) is 7.81. The van der Waals surface area contributed by atoms with Crippen LogP contribution < -0.4 is 15.8 Å². The van der Waals surface area contributed by atoms with Gasteiger partial charge in [-0.15, -0.1) is 4.90 Å². The molecule has 280 valence electrons. The number of anilines is 1. The third-order valence-electron chi connectivity index (χ3n) is 7.81. The van der Waals surface area contributed by atoms with Crippen molar-refractivity contribution in [1.29, 1.82) is 0 Å². The molecule has 0 saturated carbocycles. The van der Waals surface area contributed by atoms with E-state index in [-0.39, 0.29) is 36.8 Å². The molecule has 1 aliphatic carbocycles. The Balaban J connectivity index is 1.27. The van der Waals surface area contributed by atoms with E-state index < -0.39 is 66.0 Å². The smallest absolute Gasteiger partial charge is 0.427 e. The minimum atomic E-state index is -1.31. The molecule has 1 aliphatic rings. The van der Waals surface area contributed by atoms with Crippen molar-refractivity contribution in [3.63, 3.8) is 0 Å². The number of hydrogen-bond donors (Lipinski definition) is 3. The van der Waals surface area contributed by atoms with E-state index in [1.807, 2.05) is 48.5 Å². The molecule has 5 rings (SSSR count). The first-order chi connectivity index (χ1) is 24.9. The molecule has 3 N–H and O–H groups in total. The lowest BCUT2D eigenvalue weighted by atomic mass is 9.98. The number of ether oxygens (including phenoxy) is 3. The van der Waals surface area contributed by atoms with Crippen molar-refractivity contribution >= 4 is 47.3 Å². The predicted molar refractivity (Wildman–Crippen MR) is 190 cm³/mol. The van der Waals surface area contributed by atoms with E-state index in [0.29, 0.717) is 4.90 Å². The van der Waals surface area contributed by atoms with Gasteiger partial charge in [-0.2, -0.15) is 4.98 Å². The first kappa shape index (κ1) is 38.0. The Kier molecular flexibility index (Phi) is 10.9. The number of carbonyl (C=O) groups excluding carboxylic acids is 4. The lowest BCUT2D eigenvalue weighted by Crippen LogP contribution is -2.45. The Morgan fingerprint density at radius 2 is 1.47 bits per heavy atom. The highest BCUT2D eigenvalue weighted by molar-refractivity contribution is 6.08. The minimum Gasteiger partial charge on any atom is -0.480 e. The number of carboxylic acid groups (broad SMARTS) is 1. The van der Waals surface area contributed by atoms with Crippen molar-refractivity contribution in [3.05, 3.63) is 76.3 Å². The van der Waals surface area contributed by atoms with Gasteiger partial charge in [-0.3, -0.25) is 19.4 Å². The predicted octanol–water partition coefficient (Wildman–Crippen LogP) is 4.25. The van der Waals surface area contributed by atoms with Crippen molar-refractivity contribution in [2.75, 3.05) is 31.1 Å². The lowest BCUT2D eigenvalue weighted by molar-refractivity contribution is -0.144. The molecular formula is C36H41N7O10. The molecule has 53 heavy (non-hydrogen) atoms. The van der Waals surface area contributed by atoms with Crippen LogP contribution in [0.15, 0.2) is 59.7 Å². The molecule has 0 radical (unpaired) electrons. The van der Waals surface area contributed by atoms with Gasteiger partial charge >= 0.3 is 24.2 Å². The van der Waals surface area contributed by atoms with Gasteiger partial charge in [0.05, 0.1) is 6.33 Å². The minimum absolute atomic E-state index is 0.0682. The van der Waals surface area contributed by atoms with E-state index in [9.17, 15) is 33.9 Å². The number of carboxylic acids is 1. The fourth-order valence-electron chi connectivity index (χ4n) is 5.67. The highest BCUT2D eigenvalue weighted by Crippen LogP contribution is 2.44. The van der Waals surface area contributed by atoms with Gasteiger partial charge in [0.25, 0.3) is 5.56 Å². The summed E-state index contributed by atoms with van der Waals surface area (Å²) in [6, 6.07) is 15.8. The van der Waals surface area contributed by atoms with Crippen LogP contribution in [0.3, 0.4) is 0 Å². The maximum atomic E-state index is 13.4. The van der Waals surface area contributed by atoms with Gasteiger partial charge in [0.1, 0.15) is 30.9 Å². The standard InChI is InChI=1S/C36H41N7O10/c1-35(2,3)52-33(49)43(34(50)53-36(4,5)6)31-39-29-28(30(47)40-31)38-20-42(29)17-26(44)41(18-27(45)46)16-15-37-32(48)51-19-25-23-13-9-7-11-21(23)22-12-8-10-14-24(22)25/h7-14,20,25H,15-19H2,1-6H3,(H,37,48)(H,45,46)(H,39,40,47). The average molecular weight is 732 g/mol. The van der Waals surface area contributed by atoms with Crippen LogP contribution in [-0.2, 0) is 30.3 Å². The average Bonchev–Trinajstić information content (AvgIpc) is 3.60. The molecule has 17 heteroatoms. The Morgan fingerprint density at radius 1 is 0.906 bits per heavy atom. The van der Waals surface area contributed by atoms with Crippen LogP contribution in [-0.4, -0.2) is 97.1 Å². The topological polar surface area (TPSA) is 215 Å². The van der Waals surface area contributed by atoms with Gasteiger partial charge in [-0.05, 0) is 63.8 Å². The van der Waals surface area contributed by atoms with E-state index >= 15 is 0 Å². The molecule has 2 heterocycles. The summed E-state index contributed by atoms with van der Waals surface area (Å²) in [4.78, 5) is 89.1. The largest absolute Gasteiger partial charge is 0.480 e. The molecule has 0 bridgehead atoms. The van der Waals surface area contributed by atoms with E-state index in [1.165, 1.54) is 0 Å². The van der Waals surface area contributed by atoms with Crippen molar-refractivity contribution in [3.8, 4) is 11.1 Å². The van der Waals surface area contributed by atoms with Crippen molar-refractivity contribution in [2.45, 2.75) is 65.2 Å². The second-order valence-corrected chi connectivity index (χ2v) is 14.2. The summed E-state index contributed by atoms with van der Waals surface area (Å²) in [6.07, 6.45) is -1.99. The first-order valence-electron chi connectivity index (χ1n) is 16.7. The molecule has 0 aliphatic heterocycles. The number of aromatic amines is 1. The molecule has 0 saturated heterocycles. The van der Waals surface area contributed by atoms with Crippen molar-refractivity contribution in [2.24, 2.45) is 0 Å². The maximum Gasteiger partial charge on any atom is 0.427 e. The molecule has 0 fully saturated rings. The quantitative estimate of drug-likeness (QED) is 0.195. The Hall–Kier alpha value is -6.26. The zero-order chi connectivity index (χ0) is 38.7. The van der Waals surface area contributed by atoms with Crippen molar-refractivity contribution in [1.82, 2.24) is 29.7 Å². The number of hydrogen-bond acceptors (Lipinski definition) is 11. The lowest BCUT2D eigenvalue weighted by Gasteiger charge is -2.27. The van der Waals surface area contributed by atoms with Crippen LogP contribution in [0, 0.1) is 0 Å².